The van der Waals surface area contributed by atoms with Crippen LogP contribution in [0.1, 0.15) is 6.92 Å². The lowest BCUT2D eigenvalue weighted by molar-refractivity contribution is -0.140. The Kier molecular flexibility index (Phi) is 6.52. The summed E-state index contributed by atoms with van der Waals surface area (Å²) in [5.74, 6) is -1.18. The molecule has 0 spiro atoms. The Morgan fingerprint density at radius 1 is 1.67 bits per heavy atom. The Hall–Kier alpha value is 0.120. The first-order valence-electron chi connectivity index (χ1n) is 2.22. The fourth-order valence-electron chi connectivity index (χ4n) is 0.206. The van der Waals surface area contributed by atoms with Crippen molar-refractivity contribution in [2.75, 3.05) is 0 Å². The van der Waals surface area contributed by atoms with Crippen molar-refractivity contribution in [3.8, 4) is 0 Å². The highest BCUT2D eigenvalue weighted by Gasteiger charge is 2.16. The normalized spacial score (nSPS) is 15.4. The summed E-state index contributed by atoms with van der Waals surface area (Å²) in [6.45, 7) is 1.33. The quantitative estimate of drug-likeness (QED) is 0.569. The third-order valence-electron chi connectivity index (χ3n) is 0.805. The maximum Gasteiger partial charge on any atom is 0.323 e. The molecule has 0 amide bonds. The molecule has 56 valence electrons. The minimum absolute atomic E-state index is 0. The van der Waals surface area contributed by atoms with Gasteiger partial charge in [-0.25, -0.2) is 0 Å². The largest absolute Gasteiger partial charge is 0.480 e. The van der Waals surface area contributed by atoms with Gasteiger partial charge in [-0.15, -0.1) is 24.0 Å². The van der Waals surface area contributed by atoms with E-state index in [1.54, 1.807) is 0 Å². The molecule has 0 aromatic heterocycles. The summed E-state index contributed by atoms with van der Waals surface area (Å²) >= 11 is 0. The van der Waals surface area contributed by atoms with E-state index in [1.807, 2.05) is 0 Å². The van der Waals surface area contributed by atoms with Crippen molar-refractivity contribution in [1.29, 1.82) is 0 Å². The number of nitrogens with two attached hydrogens (primary N) is 1. The van der Waals surface area contributed by atoms with Gasteiger partial charge in [0.05, 0.1) is 6.10 Å². The van der Waals surface area contributed by atoms with Crippen LogP contribution in [0.5, 0.6) is 0 Å². The van der Waals surface area contributed by atoms with Gasteiger partial charge >= 0.3 is 5.97 Å². The molecule has 2 atom stereocenters. The molecule has 0 heterocycles. The highest BCUT2D eigenvalue weighted by atomic mass is 127. The molecule has 0 aromatic carbocycles. The number of aliphatic hydroxyl groups excluding tert-OH is 1. The van der Waals surface area contributed by atoms with E-state index >= 15 is 0 Å². The van der Waals surface area contributed by atoms with E-state index in [9.17, 15) is 4.79 Å². The van der Waals surface area contributed by atoms with Crippen LogP contribution in [0.15, 0.2) is 0 Å². The molecule has 5 heteroatoms. The van der Waals surface area contributed by atoms with E-state index in [4.69, 9.17) is 15.9 Å². The Labute approximate surface area is 70.1 Å². The van der Waals surface area contributed by atoms with Crippen LogP contribution in [0.2, 0.25) is 0 Å². The summed E-state index contributed by atoms with van der Waals surface area (Å²) in [7, 11) is 0. The van der Waals surface area contributed by atoms with E-state index in [2.05, 4.69) is 0 Å². The number of rotatable bonds is 2. The molecule has 0 fully saturated rings. The fourth-order valence-corrected chi connectivity index (χ4v) is 0.206. The standard InChI is InChI=1S/C4H9NO3.HI/c1-2(6)3(5)4(7)8;/h2-3,6H,5H2,1H3,(H,7,8);1H/t2-,3+;/m1./s1. The molecule has 0 unspecified atom stereocenters. The zero-order chi connectivity index (χ0) is 6.73. The van der Waals surface area contributed by atoms with Gasteiger partial charge in [0.2, 0.25) is 0 Å². The Morgan fingerprint density at radius 3 is 2.00 bits per heavy atom. The van der Waals surface area contributed by atoms with E-state index in [0.29, 0.717) is 0 Å². The summed E-state index contributed by atoms with van der Waals surface area (Å²) in [5, 5.41) is 16.6. The lowest BCUT2D eigenvalue weighted by Gasteiger charge is -2.06. The maximum absolute atomic E-state index is 9.86. The van der Waals surface area contributed by atoms with Crippen LogP contribution >= 0.6 is 24.0 Å². The molecular weight excluding hydrogens is 237 g/mol. The van der Waals surface area contributed by atoms with Gasteiger partial charge in [-0.1, -0.05) is 0 Å². The number of halogens is 1. The van der Waals surface area contributed by atoms with E-state index in [-0.39, 0.29) is 24.0 Å². The number of hydrogen-bond donors (Lipinski definition) is 3. The monoisotopic (exact) mass is 247 g/mol. The van der Waals surface area contributed by atoms with Crippen LogP contribution < -0.4 is 5.73 Å². The first kappa shape index (κ1) is 11.9. The number of aliphatic carboxylic acids is 1. The van der Waals surface area contributed by atoms with Crippen LogP contribution in [-0.4, -0.2) is 28.3 Å². The first-order chi connectivity index (χ1) is 3.55. The Bertz CT molecular complexity index is 95.8. The summed E-state index contributed by atoms with van der Waals surface area (Å²) in [6, 6.07) is -1.16. The maximum atomic E-state index is 9.86. The molecule has 0 rings (SSSR count). The molecule has 4 nitrogen and oxygen atoms in total. The summed E-state index contributed by atoms with van der Waals surface area (Å²) in [5.41, 5.74) is 4.91. The lowest BCUT2D eigenvalue weighted by Crippen LogP contribution is -2.39. The highest BCUT2D eigenvalue weighted by molar-refractivity contribution is 14.0. The molecule has 0 radical (unpaired) electrons. The van der Waals surface area contributed by atoms with Crippen molar-refractivity contribution in [3.63, 3.8) is 0 Å². The molecule has 0 aliphatic heterocycles. The first-order valence-corrected chi connectivity index (χ1v) is 2.22. The zero-order valence-corrected chi connectivity index (χ0v) is 7.27. The topological polar surface area (TPSA) is 83.5 Å². The number of carbonyl (C=O) groups is 1. The second-order valence-electron chi connectivity index (χ2n) is 1.60. The third-order valence-corrected chi connectivity index (χ3v) is 0.805. The van der Waals surface area contributed by atoms with Gasteiger partial charge in [0.1, 0.15) is 6.04 Å². The Morgan fingerprint density at radius 2 is 2.00 bits per heavy atom. The van der Waals surface area contributed by atoms with Gasteiger partial charge < -0.3 is 15.9 Å². The molecule has 0 aliphatic rings. The molecular formula is C4H10INO3. The molecule has 0 saturated carbocycles. The van der Waals surface area contributed by atoms with Crippen molar-refractivity contribution in [2.24, 2.45) is 5.73 Å². The molecule has 0 aromatic rings. The molecule has 0 saturated heterocycles. The van der Waals surface area contributed by atoms with Crippen LogP contribution in [0.3, 0.4) is 0 Å². The van der Waals surface area contributed by atoms with Crippen LogP contribution in [0.25, 0.3) is 0 Å². The predicted molar refractivity (Wildman–Crippen MR) is 42.7 cm³/mol. The summed E-state index contributed by atoms with van der Waals surface area (Å²) in [6.07, 6.45) is -0.979. The van der Waals surface area contributed by atoms with Gasteiger partial charge in [0.15, 0.2) is 0 Å². The van der Waals surface area contributed by atoms with Crippen molar-refractivity contribution in [3.05, 3.63) is 0 Å². The number of hydrogen-bond acceptors (Lipinski definition) is 3. The third kappa shape index (κ3) is 4.61. The average Bonchev–Trinajstić information content (AvgIpc) is 1.64. The van der Waals surface area contributed by atoms with Gasteiger partial charge in [-0.2, -0.15) is 0 Å². The second-order valence-corrected chi connectivity index (χ2v) is 1.60. The second kappa shape index (κ2) is 4.95. The van der Waals surface area contributed by atoms with Crippen molar-refractivity contribution < 1.29 is 15.0 Å². The fraction of sp³-hybridized carbons (Fsp3) is 0.750. The van der Waals surface area contributed by atoms with Gasteiger partial charge in [0.25, 0.3) is 0 Å². The molecule has 0 bridgehead atoms. The van der Waals surface area contributed by atoms with Gasteiger partial charge in [-0.3, -0.25) is 4.79 Å². The van der Waals surface area contributed by atoms with Crippen molar-refractivity contribution in [1.82, 2.24) is 0 Å². The number of carboxylic acid groups (broad SMARTS) is 1. The number of carboxylic acids is 1. The van der Waals surface area contributed by atoms with Gasteiger partial charge in [-0.05, 0) is 6.92 Å². The molecule has 4 N–H and O–H groups in total. The molecule has 0 aliphatic carbocycles. The van der Waals surface area contributed by atoms with E-state index in [0.717, 1.165) is 0 Å². The van der Waals surface area contributed by atoms with Crippen LogP contribution in [0.4, 0.5) is 0 Å². The number of aliphatic hydroxyl groups is 1. The highest BCUT2D eigenvalue weighted by Crippen LogP contribution is 1.85. The van der Waals surface area contributed by atoms with E-state index < -0.39 is 18.1 Å². The Balaban J connectivity index is 0. The van der Waals surface area contributed by atoms with Crippen molar-refractivity contribution in [2.45, 2.75) is 19.1 Å². The zero-order valence-electron chi connectivity index (χ0n) is 4.94. The van der Waals surface area contributed by atoms with Crippen LogP contribution in [0, 0.1) is 0 Å². The molecule has 9 heavy (non-hydrogen) atoms. The minimum atomic E-state index is -1.18. The smallest absolute Gasteiger partial charge is 0.323 e. The summed E-state index contributed by atoms with van der Waals surface area (Å²) in [4.78, 5) is 9.86. The minimum Gasteiger partial charge on any atom is -0.480 e. The SMILES string of the molecule is C[C@@H](O)[C@H](N)C(=O)O.I. The average molecular weight is 247 g/mol. The van der Waals surface area contributed by atoms with Crippen molar-refractivity contribution >= 4 is 29.9 Å². The predicted octanol–water partition coefficient (Wildman–Crippen LogP) is -0.603. The van der Waals surface area contributed by atoms with Crippen LogP contribution in [-0.2, 0) is 4.79 Å². The summed E-state index contributed by atoms with van der Waals surface area (Å²) < 4.78 is 0. The lowest BCUT2D eigenvalue weighted by atomic mass is 10.2. The van der Waals surface area contributed by atoms with E-state index in [1.165, 1.54) is 6.92 Å². The van der Waals surface area contributed by atoms with Gasteiger partial charge in [0, 0.05) is 0 Å².